The summed E-state index contributed by atoms with van der Waals surface area (Å²) in [6.45, 7) is 9.51. The van der Waals surface area contributed by atoms with E-state index < -0.39 is 0 Å². The van der Waals surface area contributed by atoms with Crippen LogP contribution in [0.15, 0.2) is 0 Å². The number of hydrogen-bond donors (Lipinski definition) is 0. The summed E-state index contributed by atoms with van der Waals surface area (Å²) in [6.07, 6.45) is 11.4. The fourth-order valence-electron chi connectivity index (χ4n) is 3.52. The maximum Gasteiger partial charge on any atom is 0.0174 e. The van der Waals surface area contributed by atoms with E-state index in [1.165, 1.54) is 51.4 Å². The number of rotatable bonds is 7. The van der Waals surface area contributed by atoms with Crippen molar-refractivity contribution in [3.05, 3.63) is 0 Å². The molecule has 0 amide bonds. The van der Waals surface area contributed by atoms with Crippen LogP contribution >= 0.6 is 15.9 Å². The summed E-state index contributed by atoms with van der Waals surface area (Å²) in [7, 11) is 0. The van der Waals surface area contributed by atoms with Crippen LogP contribution in [0, 0.1) is 23.7 Å². The molecule has 0 N–H and O–H groups in total. The van der Waals surface area contributed by atoms with Crippen molar-refractivity contribution in [3.63, 3.8) is 0 Å². The van der Waals surface area contributed by atoms with Gasteiger partial charge in [-0.2, -0.15) is 0 Å². The summed E-state index contributed by atoms with van der Waals surface area (Å²) in [5, 5.41) is 0. The first-order valence-corrected chi connectivity index (χ1v) is 9.14. The van der Waals surface area contributed by atoms with Crippen molar-refractivity contribution in [1.29, 1.82) is 0 Å². The zero-order valence-corrected chi connectivity index (χ0v) is 14.5. The third-order valence-electron chi connectivity index (χ3n) is 5.05. The lowest BCUT2D eigenvalue weighted by atomic mass is 9.72. The van der Waals surface area contributed by atoms with Crippen molar-refractivity contribution < 1.29 is 0 Å². The number of hydrogen-bond acceptors (Lipinski definition) is 0. The van der Waals surface area contributed by atoms with E-state index >= 15 is 0 Å². The Morgan fingerprint density at radius 1 is 1.17 bits per heavy atom. The van der Waals surface area contributed by atoms with Gasteiger partial charge in [0, 0.05) is 4.83 Å². The average Bonchev–Trinajstić information content (AvgIpc) is 2.36. The van der Waals surface area contributed by atoms with Crippen molar-refractivity contribution in [1.82, 2.24) is 0 Å². The van der Waals surface area contributed by atoms with E-state index in [9.17, 15) is 0 Å². The smallest absolute Gasteiger partial charge is 0.0174 e. The molecular formula is C17H33Br. The van der Waals surface area contributed by atoms with E-state index in [1.54, 1.807) is 0 Å². The molecule has 0 bridgehead atoms. The maximum absolute atomic E-state index is 3.96. The van der Waals surface area contributed by atoms with Gasteiger partial charge in [-0.15, -0.1) is 0 Å². The highest BCUT2D eigenvalue weighted by Crippen LogP contribution is 2.41. The third-order valence-corrected chi connectivity index (χ3v) is 6.26. The molecular weight excluding hydrogens is 284 g/mol. The molecule has 0 aromatic rings. The zero-order valence-electron chi connectivity index (χ0n) is 12.9. The van der Waals surface area contributed by atoms with Crippen molar-refractivity contribution in [2.45, 2.75) is 83.9 Å². The number of halogens is 1. The highest BCUT2D eigenvalue weighted by Gasteiger charge is 2.31. The molecule has 4 unspecified atom stereocenters. The van der Waals surface area contributed by atoms with Gasteiger partial charge < -0.3 is 0 Å². The average molecular weight is 317 g/mol. The molecule has 0 aliphatic heterocycles. The van der Waals surface area contributed by atoms with E-state index in [1.807, 2.05) is 0 Å². The Morgan fingerprint density at radius 3 is 2.44 bits per heavy atom. The van der Waals surface area contributed by atoms with Gasteiger partial charge in [0.05, 0.1) is 0 Å². The van der Waals surface area contributed by atoms with Crippen LogP contribution in [0.25, 0.3) is 0 Å². The van der Waals surface area contributed by atoms with Crippen LogP contribution in [0.3, 0.4) is 0 Å². The first kappa shape index (κ1) is 16.5. The summed E-state index contributed by atoms with van der Waals surface area (Å²) in [5.41, 5.74) is 0. The Kier molecular flexibility index (Phi) is 7.91. The molecule has 0 radical (unpaired) electrons. The lowest BCUT2D eigenvalue weighted by molar-refractivity contribution is 0.192. The molecule has 4 atom stereocenters. The number of unbranched alkanes of at least 4 members (excludes halogenated alkanes) is 1. The molecule has 1 saturated carbocycles. The van der Waals surface area contributed by atoms with Crippen LogP contribution in [0.1, 0.15) is 79.1 Å². The van der Waals surface area contributed by atoms with Gasteiger partial charge in [-0.25, -0.2) is 0 Å². The lowest BCUT2D eigenvalue weighted by Crippen LogP contribution is -2.29. The highest BCUT2D eigenvalue weighted by molar-refractivity contribution is 9.09. The van der Waals surface area contributed by atoms with Gasteiger partial charge in [0.1, 0.15) is 0 Å². The zero-order chi connectivity index (χ0) is 13.5. The molecule has 0 aromatic heterocycles. The number of alkyl halides is 1. The van der Waals surface area contributed by atoms with E-state index in [-0.39, 0.29) is 0 Å². The first-order valence-electron chi connectivity index (χ1n) is 8.22. The lowest BCUT2D eigenvalue weighted by Gasteiger charge is -2.37. The second-order valence-electron chi connectivity index (χ2n) is 6.75. The standard InChI is InChI=1S/C17H33Br/c1-5-7-8-14(6-2)11-16-12-15(13(3)4)9-10-17(16)18/h13-17H,5-12H2,1-4H3. The summed E-state index contributed by atoms with van der Waals surface area (Å²) in [5.74, 6) is 3.77. The summed E-state index contributed by atoms with van der Waals surface area (Å²) in [4.78, 5) is 0.795. The predicted octanol–water partition coefficient (Wildman–Crippen LogP) is 6.43. The van der Waals surface area contributed by atoms with E-state index in [2.05, 4.69) is 43.6 Å². The largest absolute Gasteiger partial charge is 0.0888 e. The molecule has 1 aliphatic carbocycles. The van der Waals surface area contributed by atoms with Crippen molar-refractivity contribution >= 4 is 15.9 Å². The van der Waals surface area contributed by atoms with Gasteiger partial charge in [-0.3, -0.25) is 0 Å². The van der Waals surface area contributed by atoms with Crippen LogP contribution in [0.4, 0.5) is 0 Å². The molecule has 0 heterocycles. The molecule has 0 nitrogen and oxygen atoms in total. The summed E-state index contributed by atoms with van der Waals surface area (Å²) in [6, 6.07) is 0. The van der Waals surface area contributed by atoms with E-state index in [0.29, 0.717) is 0 Å². The Labute approximate surface area is 123 Å². The minimum absolute atomic E-state index is 0.795. The molecule has 1 fully saturated rings. The van der Waals surface area contributed by atoms with Gasteiger partial charge in [-0.05, 0) is 49.4 Å². The third kappa shape index (κ3) is 5.23. The predicted molar refractivity (Wildman–Crippen MR) is 86.3 cm³/mol. The molecule has 0 aromatic carbocycles. The summed E-state index contributed by atoms with van der Waals surface area (Å²) >= 11 is 3.96. The van der Waals surface area contributed by atoms with Gasteiger partial charge in [0.25, 0.3) is 0 Å². The topological polar surface area (TPSA) is 0 Å². The van der Waals surface area contributed by atoms with Gasteiger partial charge in [-0.1, -0.05) is 69.3 Å². The van der Waals surface area contributed by atoms with Crippen LogP contribution in [0.5, 0.6) is 0 Å². The normalized spacial score (nSPS) is 30.7. The first-order chi connectivity index (χ1) is 8.58. The van der Waals surface area contributed by atoms with Crippen LogP contribution in [0.2, 0.25) is 0 Å². The maximum atomic E-state index is 3.96. The molecule has 1 aliphatic rings. The van der Waals surface area contributed by atoms with Crippen LogP contribution in [-0.2, 0) is 0 Å². The Balaban J connectivity index is 2.46. The molecule has 18 heavy (non-hydrogen) atoms. The molecule has 108 valence electrons. The Bertz CT molecular complexity index is 212. The summed E-state index contributed by atoms with van der Waals surface area (Å²) < 4.78 is 0. The molecule has 0 saturated heterocycles. The quantitative estimate of drug-likeness (QED) is 0.475. The van der Waals surface area contributed by atoms with Crippen LogP contribution in [-0.4, -0.2) is 4.83 Å². The highest BCUT2D eigenvalue weighted by atomic mass is 79.9. The van der Waals surface area contributed by atoms with Crippen molar-refractivity contribution in [3.8, 4) is 0 Å². The fraction of sp³-hybridized carbons (Fsp3) is 1.00. The second-order valence-corrected chi connectivity index (χ2v) is 7.92. The molecule has 1 rings (SSSR count). The van der Waals surface area contributed by atoms with E-state index in [0.717, 1.165) is 28.5 Å². The Hall–Kier alpha value is 0.480. The molecule has 1 heteroatoms. The Morgan fingerprint density at radius 2 is 1.89 bits per heavy atom. The monoisotopic (exact) mass is 316 g/mol. The van der Waals surface area contributed by atoms with Gasteiger partial charge >= 0.3 is 0 Å². The second kappa shape index (κ2) is 8.61. The minimum Gasteiger partial charge on any atom is -0.0888 e. The van der Waals surface area contributed by atoms with Crippen molar-refractivity contribution in [2.75, 3.05) is 0 Å². The van der Waals surface area contributed by atoms with Crippen LogP contribution < -0.4 is 0 Å². The molecule has 0 spiro atoms. The SMILES string of the molecule is CCCCC(CC)CC1CC(C(C)C)CCC1Br. The van der Waals surface area contributed by atoms with Gasteiger partial charge in [0.15, 0.2) is 0 Å². The fourth-order valence-corrected chi connectivity index (χ4v) is 4.22. The van der Waals surface area contributed by atoms with Gasteiger partial charge in [0.2, 0.25) is 0 Å². The van der Waals surface area contributed by atoms with E-state index in [4.69, 9.17) is 0 Å². The minimum atomic E-state index is 0.795. The van der Waals surface area contributed by atoms with Crippen molar-refractivity contribution in [2.24, 2.45) is 23.7 Å².